The zero-order chi connectivity index (χ0) is 29.6. The van der Waals surface area contributed by atoms with E-state index in [-0.39, 0.29) is 6.04 Å². The van der Waals surface area contributed by atoms with Crippen LogP contribution in [0, 0.1) is 6.92 Å². The molecule has 0 amide bonds. The van der Waals surface area contributed by atoms with E-state index in [0.29, 0.717) is 0 Å². The highest BCUT2D eigenvalue weighted by atomic mass is 15.0. The van der Waals surface area contributed by atoms with Gasteiger partial charge in [-0.05, 0) is 86.6 Å². The van der Waals surface area contributed by atoms with E-state index in [2.05, 4.69) is 176 Å². The van der Waals surface area contributed by atoms with Gasteiger partial charge in [-0.1, -0.05) is 140 Å². The van der Waals surface area contributed by atoms with E-state index in [9.17, 15) is 0 Å². The second kappa shape index (κ2) is 10.7. The average molecular weight is 564 g/mol. The van der Waals surface area contributed by atoms with Crippen molar-refractivity contribution < 1.29 is 0 Å². The molecule has 1 unspecified atom stereocenters. The highest BCUT2D eigenvalue weighted by molar-refractivity contribution is 6.29. The van der Waals surface area contributed by atoms with Crippen LogP contribution in [0.3, 0.4) is 0 Å². The SMILES string of the molecule is C/C=C\C=C/c1cc2c(c3ccccc13)c1c3ccccc3ccc1n2C(c1ccc2ccccc2c1)c1ccccc1C. The van der Waals surface area contributed by atoms with Crippen LogP contribution in [0.1, 0.15) is 35.2 Å². The van der Waals surface area contributed by atoms with Gasteiger partial charge in [0.1, 0.15) is 0 Å². The molecule has 44 heavy (non-hydrogen) atoms. The van der Waals surface area contributed by atoms with Gasteiger partial charge in [-0.3, -0.25) is 0 Å². The van der Waals surface area contributed by atoms with Crippen molar-refractivity contribution in [3.8, 4) is 0 Å². The predicted octanol–water partition coefficient (Wildman–Crippen LogP) is 11.8. The number of fused-ring (bicyclic) bond motifs is 8. The Hall–Kier alpha value is -5.40. The quantitative estimate of drug-likeness (QED) is 0.184. The summed E-state index contributed by atoms with van der Waals surface area (Å²) in [6, 6.07) is 49.3. The third kappa shape index (κ3) is 4.16. The minimum atomic E-state index is -0.0181. The standard InChI is InChI=1S/C43H33N/c1-3-4-5-18-33-28-40-42(38-22-13-12-20-36(33)38)41-37-21-11-9-16-31(37)25-26-39(41)44(40)43(35-19-10-6-14-29(35)2)34-24-23-30-15-7-8-17-32(30)27-34/h3-28,43H,1-2H3/b4-3-,18-5-. The van der Waals surface area contributed by atoms with Gasteiger partial charge in [0.05, 0.1) is 17.1 Å². The summed E-state index contributed by atoms with van der Waals surface area (Å²) in [5.41, 5.74) is 7.60. The molecule has 0 radical (unpaired) electrons. The number of hydrogen-bond acceptors (Lipinski definition) is 0. The van der Waals surface area contributed by atoms with E-state index in [1.54, 1.807) is 0 Å². The predicted molar refractivity (Wildman–Crippen MR) is 191 cm³/mol. The lowest BCUT2D eigenvalue weighted by Crippen LogP contribution is -2.13. The molecular weight excluding hydrogens is 530 g/mol. The van der Waals surface area contributed by atoms with E-state index < -0.39 is 0 Å². The Labute approximate surface area is 258 Å². The maximum absolute atomic E-state index is 2.61. The van der Waals surface area contributed by atoms with Crippen LogP contribution < -0.4 is 0 Å². The molecule has 0 aliphatic carbocycles. The highest BCUT2D eigenvalue weighted by Gasteiger charge is 2.26. The van der Waals surface area contributed by atoms with Crippen molar-refractivity contribution in [1.82, 2.24) is 4.57 Å². The van der Waals surface area contributed by atoms with E-state index >= 15 is 0 Å². The lowest BCUT2D eigenvalue weighted by molar-refractivity contribution is 0.724. The topological polar surface area (TPSA) is 4.93 Å². The van der Waals surface area contributed by atoms with Gasteiger partial charge in [0, 0.05) is 10.8 Å². The normalized spacial score (nSPS) is 13.0. The van der Waals surface area contributed by atoms with Crippen LogP contribution in [0.2, 0.25) is 0 Å². The molecule has 1 aromatic heterocycles. The summed E-state index contributed by atoms with van der Waals surface area (Å²) in [7, 11) is 0. The Balaban J connectivity index is 1.59. The maximum Gasteiger partial charge on any atom is 0.0848 e. The van der Waals surface area contributed by atoms with Crippen molar-refractivity contribution in [1.29, 1.82) is 0 Å². The highest BCUT2D eigenvalue weighted by Crippen LogP contribution is 2.45. The van der Waals surface area contributed by atoms with Gasteiger partial charge in [-0.2, -0.15) is 0 Å². The molecule has 7 aromatic carbocycles. The first-order chi connectivity index (χ1) is 21.7. The number of allylic oxidation sites excluding steroid dienone is 3. The Morgan fingerprint density at radius 3 is 2.02 bits per heavy atom. The third-order valence-corrected chi connectivity index (χ3v) is 9.14. The average Bonchev–Trinajstić information content (AvgIpc) is 3.40. The summed E-state index contributed by atoms with van der Waals surface area (Å²) in [6.07, 6.45) is 8.58. The van der Waals surface area contributed by atoms with Crippen LogP contribution in [0.4, 0.5) is 0 Å². The minimum Gasteiger partial charge on any atom is -0.329 e. The lowest BCUT2D eigenvalue weighted by atomic mass is 9.92. The fourth-order valence-electron chi connectivity index (χ4n) is 7.12. The first kappa shape index (κ1) is 26.2. The number of nitrogens with zero attached hydrogens (tertiary/aromatic N) is 1. The van der Waals surface area contributed by atoms with Crippen molar-refractivity contribution in [2.45, 2.75) is 19.9 Å². The third-order valence-electron chi connectivity index (χ3n) is 9.14. The van der Waals surface area contributed by atoms with E-state index in [4.69, 9.17) is 0 Å². The van der Waals surface area contributed by atoms with Gasteiger partial charge in [0.15, 0.2) is 0 Å². The first-order valence-corrected chi connectivity index (χ1v) is 15.4. The molecule has 8 aromatic rings. The van der Waals surface area contributed by atoms with Gasteiger partial charge in [-0.25, -0.2) is 0 Å². The van der Waals surface area contributed by atoms with Crippen LogP contribution in [0.5, 0.6) is 0 Å². The van der Waals surface area contributed by atoms with Crippen molar-refractivity contribution in [2.75, 3.05) is 0 Å². The largest absolute Gasteiger partial charge is 0.329 e. The van der Waals surface area contributed by atoms with E-state index in [0.717, 1.165) is 0 Å². The monoisotopic (exact) mass is 563 g/mol. The maximum atomic E-state index is 2.61. The Morgan fingerprint density at radius 2 is 1.20 bits per heavy atom. The van der Waals surface area contributed by atoms with Gasteiger partial charge < -0.3 is 4.57 Å². The van der Waals surface area contributed by atoms with Crippen LogP contribution in [0.15, 0.2) is 152 Å². The first-order valence-electron chi connectivity index (χ1n) is 15.4. The molecule has 1 heterocycles. The van der Waals surface area contributed by atoms with Gasteiger partial charge >= 0.3 is 0 Å². The fourth-order valence-corrected chi connectivity index (χ4v) is 7.12. The second-order valence-electron chi connectivity index (χ2n) is 11.7. The molecule has 1 heteroatoms. The molecule has 8 rings (SSSR count). The minimum absolute atomic E-state index is 0.0181. The molecule has 1 nitrogen and oxygen atoms in total. The summed E-state index contributed by atoms with van der Waals surface area (Å²) >= 11 is 0. The van der Waals surface area contributed by atoms with Crippen molar-refractivity contribution in [2.24, 2.45) is 0 Å². The van der Waals surface area contributed by atoms with Gasteiger partial charge in [-0.15, -0.1) is 0 Å². The van der Waals surface area contributed by atoms with E-state index in [1.807, 2.05) is 0 Å². The van der Waals surface area contributed by atoms with Crippen LogP contribution in [-0.4, -0.2) is 4.57 Å². The summed E-state index contributed by atoms with van der Waals surface area (Å²) in [5.74, 6) is 0. The zero-order valence-electron chi connectivity index (χ0n) is 25.0. The van der Waals surface area contributed by atoms with Crippen molar-refractivity contribution >= 4 is 60.2 Å². The summed E-state index contributed by atoms with van der Waals surface area (Å²) in [6.45, 7) is 4.30. The summed E-state index contributed by atoms with van der Waals surface area (Å²) in [5, 5.41) is 10.3. The molecule has 0 fully saturated rings. The van der Waals surface area contributed by atoms with E-state index in [1.165, 1.54) is 76.4 Å². The summed E-state index contributed by atoms with van der Waals surface area (Å²) in [4.78, 5) is 0. The second-order valence-corrected chi connectivity index (χ2v) is 11.7. The molecule has 0 saturated carbocycles. The molecule has 1 atom stereocenters. The molecule has 0 spiro atoms. The molecule has 0 aliphatic rings. The van der Waals surface area contributed by atoms with Gasteiger partial charge in [0.2, 0.25) is 0 Å². The number of aryl methyl sites for hydroxylation is 1. The smallest absolute Gasteiger partial charge is 0.0848 e. The number of benzene rings is 7. The molecular formula is C43H33N. The van der Waals surface area contributed by atoms with Crippen molar-refractivity contribution in [3.05, 3.63) is 174 Å². The lowest BCUT2D eigenvalue weighted by Gasteiger charge is -2.25. The number of rotatable bonds is 5. The van der Waals surface area contributed by atoms with Crippen LogP contribution >= 0.6 is 0 Å². The number of aromatic nitrogens is 1. The molecule has 0 aliphatic heterocycles. The molecule has 0 N–H and O–H groups in total. The number of hydrogen-bond donors (Lipinski definition) is 0. The Bertz CT molecular complexity index is 2420. The van der Waals surface area contributed by atoms with Gasteiger partial charge in [0.25, 0.3) is 0 Å². The fraction of sp³-hybridized carbons (Fsp3) is 0.0698. The molecule has 0 saturated heterocycles. The molecule has 0 bridgehead atoms. The zero-order valence-corrected chi connectivity index (χ0v) is 25.0. The van der Waals surface area contributed by atoms with Crippen molar-refractivity contribution in [3.63, 3.8) is 0 Å². The van der Waals surface area contributed by atoms with Crippen LogP contribution in [0.25, 0.3) is 60.2 Å². The molecule has 210 valence electrons. The Morgan fingerprint density at radius 1 is 0.545 bits per heavy atom. The summed E-state index contributed by atoms with van der Waals surface area (Å²) < 4.78 is 2.61. The Kier molecular flexibility index (Phi) is 6.38. The van der Waals surface area contributed by atoms with Crippen LogP contribution in [-0.2, 0) is 0 Å².